The maximum atomic E-state index is 13.8. The van der Waals surface area contributed by atoms with Crippen LogP contribution in [0.1, 0.15) is 5.56 Å². The summed E-state index contributed by atoms with van der Waals surface area (Å²) in [6.45, 7) is 0. The second-order valence-corrected chi connectivity index (χ2v) is 7.82. The van der Waals surface area contributed by atoms with Crippen LogP contribution < -0.4 is 16.2 Å². The lowest BCUT2D eigenvalue weighted by atomic mass is 10.1. The molecule has 0 saturated carbocycles. The molecule has 2 heterocycles. The zero-order chi connectivity index (χ0) is 24.3. The van der Waals surface area contributed by atoms with Gasteiger partial charge >= 0.3 is 12.2 Å². The van der Waals surface area contributed by atoms with E-state index in [-0.39, 0.29) is 27.1 Å². The highest BCUT2D eigenvalue weighted by molar-refractivity contribution is 8.18. The number of nitrogens with one attached hydrogen (secondary N) is 3. The first-order valence-electron chi connectivity index (χ1n) is 9.56. The lowest BCUT2D eigenvalue weighted by molar-refractivity contribution is -0.117. The quantitative estimate of drug-likeness (QED) is 0.492. The molecule has 0 unspecified atom stereocenters. The average molecular weight is 488 g/mol. The van der Waals surface area contributed by atoms with Gasteiger partial charge in [0.1, 0.15) is 11.4 Å². The molecule has 0 bridgehead atoms. The molecule has 4 N–H and O–H groups in total. The minimum atomic E-state index is -4.81. The number of amidine groups is 1. The van der Waals surface area contributed by atoms with Crippen molar-refractivity contribution in [3.8, 4) is 5.75 Å². The predicted molar refractivity (Wildman–Crippen MR) is 120 cm³/mol. The van der Waals surface area contributed by atoms with E-state index in [4.69, 9.17) is 0 Å². The Morgan fingerprint density at radius 1 is 1.00 bits per heavy atom. The fourth-order valence-corrected chi connectivity index (χ4v) is 3.73. The molecule has 9 nitrogen and oxygen atoms in total. The zero-order valence-electron chi connectivity index (χ0n) is 17.0. The van der Waals surface area contributed by atoms with E-state index in [9.17, 15) is 27.9 Å². The SMILES string of the molecule is O=C(NNC(=O)C1=CN2C(C(F)(F)F)=CC(c3cccc(O)c3)=NN=C2S1)Nc1ccccc1. The number of amides is 3. The summed E-state index contributed by atoms with van der Waals surface area (Å²) in [4.78, 5) is 24.9. The number of rotatable bonds is 3. The summed E-state index contributed by atoms with van der Waals surface area (Å²) in [5, 5.41) is 19.6. The van der Waals surface area contributed by atoms with Crippen LogP contribution in [-0.4, -0.2) is 39.0 Å². The lowest BCUT2D eigenvalue weighted by Crippen LogP contribution is -2.44. The van der Waals surface area contributed by atoms with Crippen LogP contribution in [0.4, 0.5) is 23.7 Å². The third-order valence-corrected chi connectivity index (χ3v) is 5.38. The van der Waals surface area contributed by atoms with Gasteiger partial charge in [-0.15, -0.1) is 10.2 Å². The molecule has 3 amide bonds. The molecule has 174 valence electrons. The number of carbonyl (C=O) groups is 2. The third-order valence-electron chi connectivity index (χ3n) is 4.41. The number of phenols is 1. The van der Waals surface area contributed by atoms with E-state index in [1.165, 1.54) is 24.3 Å². The Balaban J connectivity index is 1.50. The Morgan fingerprint density at radius 2 is 1.76 bits per heavy atom. The molecular weight excluding hydrogens is 473 g/mol. The number of para-hydroxylation sites is 1. The first-order valence-corrected chi connectivity index (χ1v) is 10.4. The Kier molecular flexibility index (Phi) is 6.27. The summed E-state index contributed by atoms with van der Waals surface area (Å²) in [5.41, 5.74) is 3.71. The molecule has 34 heavy (non-hydrogen) atoms. The number of fused-ring (bicyclic) bond motifs is 1. The van der Waals surface area contributed by atoms with Gasteiger partial charge in [-0.3, -0.25) is 15.1 Å². The van der Waals surface area contributed by atoms with Crippen molar-refractivity contribution in [2.75, 3.05) is 5.32 Å². The van der Waals surface area contributed by atoms with Crippen molar-refractivity contribution in [1.82, 2.24) is 15.8 Å². The molecule has 2 aliphatic heterocycles. The van der Waals surface area contributed by atoms with E-state index in [0.29, 0.717) is 22.3 Å². The van der Waals surface area contributed by atoms with E-state index >= 15 is 0 Å². The Hall–Kier alpha value is -4.26. The van der Waals surface area contributed by atoms with Crippen molar-refractivity contribution in [2.45, 2.75) is 6.18 Å². The van der Waals surface area contributed by atoms with Crippen LogP contribution in [0.2, 0.25) is 0 Å². The van der Waals surface area contributed by atoms with Gasteiger partial charge in [-0.1, -0.05) is 30.3 Å². The maximum Gasteiger partial charge on any atom is 0.431 e. The highest BCUT2D eigenvalue weighted by Crippen LogP contribution is 2.39. The molecule has 4 rings (SSSR count). The van der Waals surface area contributed by atoms with Crippen molar-refractivity contribution >= 4 is 40.3 Å². The number of thioether (sulfide) groups is 1. The van der Waals surface area contributed by atoms with Crippen molar-refractivity contribution in [3.63, 3.8) is 0 Å². The highest BCUT2D eigenvalue weighted by atomic mass is 32.2. The van der Waals surface area contributed by atoms with E-state index in [1.807, 2.05) is 0 Å². The number of benzene rings is 2. The average Bonchev–Trinajstić information content (AvgIpc) is 3.12. The van der Waals surface area contributed by atoms with Gasteiger partial charge in [0.15, 0.2) is 5.17 Å². The summed E-state index contributed by atoms with van der Waals surface area (Å²) >= 11 is 0.648. The number of hydrogen-bond donors (Lipinski definition) is 4. The van der Waals surface area contributed by atoms with E-state index < -0.39 is 23.8 Å². The number of carbonyl (C=O) groups excluding carboxylic acids is 2. The highest BCUT2D eigenvalue weighted by Gasteiger charge is 2.43. The minimum absolute atomic E-state index is 0.121. The van der Waals surface area contributed by atoms with Gasteiger partial charge in [-0.2, -0.15) is 13.2 Å². The maximum absolute atomic E-state index is 13.8. The number of hydrazine groups is 1. The fourth-order valence-electron chi connectivity index (χ4n) is 2.90. The Labute approximate surface area is 194 Å². The van der Waals surface area contributed by atoms with Gasteiger partial charge in [0.2, 0.25) is 0 Å². The second kappa shape index (κ2) is 9.31. The molecule has 0 fully saturated rings. The van der Waals surface area contributed by atoms with Crippen molar-refractivity contribution in [2.24, 2.45) is 10.2 Å². The molecule has 2 aromatic carbocycles. The van der Waals surface area contributed by atoms with Crippen LogP contribution in [0.3, 0.4) is 0 Å². The summed E-state index contributed by atoms with van der Waals surface area (Å²) in [6.07, 6.45) is -3.08. The Morgan fingerprint density at radius 3 is 2.47 bits per heavy atom. The summed E-state index contributed by atoms with van der Waals surface area (Å²) in [5.74, 6) is -0.987. The number of halogens is 3. The zero-order valence-corrected chi connectivity index (χ0v) is 17.8. The van der Waals surface area contributed by atoms with Gasteiger partial charge in [0.25, 0.3) is 5.91 Å². The molecule has 0 aliphatic carbocycles. The van der Waals surface area contributed by atoms with Crippen molar-refractivity contribution in [1.29, 1.82) is 0 Å². The molecule has 0 aromatic heterocycles. The van der Waals surface area contributed by atoms with Crippen LogP contribution in [0.25, 0.3) is 0 Å². The van der Waals surface area contributed by atoms with Gasteiger partial charge in [-0.05, 0) is 42.1 Å². The largest absolute Gasteiger partial charge is 0.508 e. The minimum Gasteiger partial charge on any atom is -0.508 e. The molecule has 0 radical (unpaired) electrons. The summed E-state index contributed by atoms with van der Waals surface area (Å²) in [7, 11) is 0. The number of urea groups is 1. The standard InChI is InChI=1S/C21H15F3N6O3S/c22-21(23,24)17-10-15(12-5-4-8-14(31)9-12)26-29-20-30(17)11-16(34-20)18(32)27-28-19(33)25-13-6-2-1-3-7-13/h1-11,31H,(H,27,32)(H2,25,28,33). The van der Waals surface area contributed by atoms with Gasteiger partial charge < -0.3 is 10.4 Å². The lowest BCUT2D eigenvalue weighted by Gasteiger charge is -2.20. The van der Waals surface area contributed by atoms with E-state index in [1.54, 1.807) is 30.3 Å². The summed E-state index contributed by atoms with van der Waals surface area (Å²) in [6, 6.07) is 13.3. The predicted octanol–water partition coefficient (Wildman–Crippen LogP) is 3.66. The normalized spacial score (nSPS) is 15.2. The number of allylic oxidation sites excluding steroid dienone is 2. The van der Waals surface area contributed by atoms with Crippen LogP contribution >= 0.6 is 11.8 Å². The third kappa shape index (κ3) is 5.20. The van der Waals surface area contributed by atoms with Crippen molar-refractivity contribution < 1.29 is 27.9 Å². The molecule has 2 aliphatic rings. The van der Waals surface area contributed by atoms with Crippen molar-refractivity contribution in [3.05, 3.63) is 83.0 Å². The number of phenolic OH excluding ortho intramolecular Hbond substituents is 1. The second-order valence-electron chi connectivity index (χ2n) is 6.81. The smallest absolute Gasteiger partial charge is 0.431 e. The molecule has 0 saturated heterocycles. The van der Waals surface area contributed by atoms with Crippen LogP contribution in [0, 0.1) is 0 Å². The first-order chi connectivity index (χ1) is 16.2. The number of anilines is 1. The molecule has 2 aromatic rings. The molecule has 0 atom stereocenters. The van der Waals surface area contributed by atoms with Crippen LogP contribution in [-0.2, 0) is 4.79 Å². The van der Waals surface area contributed by atoms with Gasteiger partial charge in [-0.25, -0.2) is 10.2 Å². The van der Waals surface area contributed by atoms with E-state index in [0.717, 1.165) is 12.3 Å². The van der Waals surface area contributed by atoms with E-state index in [2.05, 4.69) is 26.4 Å². The van der Waals surface area contributed by atoms with Crippen LogP contribution in [0.5, 0.6) is 5.75 Å². The molecule has 13 heteroatoms. The topological polar surface area (TPSA) is 118 Å². The van der Waals surface area contributed by atoms with Gasteiger partial charge in [0.05, 0.1) is 10.6 Å². The number of aromatic hydroxyl groups is 1. The monoisotopic (exact) mass is 488 g/mol. The molecular formula is C21H15F3N6O3S. The fraction of sp³-hybridized carbons (Fsp3) is 0.0476. The Bertz CT molecular complexity index is 1260. The number of hydrogen-bond acceptors (Lipinski definition) is 7. The molecule has 0 spiro atoms. The summed E-state index contributed by atoms with van der Waals surface area (Å²) < 4.78 is 41.5. The number of alkyl halides is 3. The van der Waals surface area contributed by atoms with Crippen LogP contribution in [0.15, 0.2) is 87.7 Å². The number of nitrogens with zero attached hydrogens (tertiary/aromatic N) is 3. The first kappa shape index (κ1) is 22.9. The van der Waals surface area contributed by atoms with Gasteiger partial charge in [0, 0.05) is 17.5 Å².